The van der Waals surface area contributed by atoms with E-state index in [1.54, 1.807) is 24.3 Å². The molecule has 1 heterocycles. The summed E-state index contributed by atoms with van der Waals surface area (Å²) in [6.45, 7) is -0.170. The van der Waals surface area contributed by atoms with E-state index in [0.717, 1.165) is 11.1 Å². The minimum Gasteiger partial charge on any atom is -0.394 e. The van der Waals surface area contributed by atoms with Crippen LogP contribution in [0.1, 0.15) is 22.0 Å². The summed E-state index contributed by atoms with van der Waals surface area (Å²) in [6, 6.07) is 15.7. The van der Waals surface area contributed by atoms with E-state index in [1.807, 2.05) is 30.3 Å². The number of hydrogen-bond donors (Lipinski definition) is 2. The molecule has 0 aliphatic rings. The van der Waals surface area contributed by atoms with Crippen molar-refractivity contribution in [1.82, 2.24) is 15.5 Å². The number of amides is 1. The molecule has 6 nitrogen and oxygen atoms in total. The molecule has 1 aromatic heterocycles. The van der Waals surface area contributed by atoms with Gasteiger partial charge in [-0.3, -0.25) is 4.79 Å². The van der Waals surface area contributed by atoms with Gasteiger partial charge in [0.15, 0.2) is 0 Å². The zero-order valence-corrected chi connectivity index (χ0v) is 12.2. The van der Waals surface area contributed by atoms with Gasteiger partial charge in [0.25, 0.3) is 5.91 Å². The van der Waals surface area contributed by atoms with E-state index in [-0.39, 0.29) is 12.5 Å². The predicted molar refractivity (Wildman–Crippen MR) is 83.5 cm³/mol. The molecular formula is C17H15N3O3. The standard InChI is InChI=1S/C17H15N3O3/c21-10-15(12-4-2-1-3-5-12)19-17(22)14-8-6-13(7-9-14)16-18-11-23-20-16/h1-9,11,15,21H,10H2,(H,19,22). The first-order valence-electron chi connectivity index (χ1n) is 7.11. The number of aliphatic hydroxyl groups excluding tert-OH is 1. The molecule has 6 heteroatoms. The van der Waals surface area contributed by atoms with Crippen LogP contribution in [0.4, 0.5) is 0 Å². The molecule has 0 saturated carbocycles. The summed E-state index contributed by atoms with van der Waals surface area (Å²) in [5.41, 5.74) is 2.11. The second kappa shape index (κ2) is 6.85. The molecule has 3 aromatic rings. The number of aromatic nitrogens is 2. The molecule has 0 bridgehead atoms. The van der Waals surface area contributed by atoms with E-state index in [0.29, 0.717) is 11.4 Å². The van der Waals surface area contributed by atoms with Crippen molar-refractivity contribution < 1.29 is 14.4 Å². The number of carbonyl (C=O) groups is 1. The van der Waals surface area contributed by atoms with E-state index in [9.17, 15) is 9.90 Å². The van der Waals surface area contributed by atoms with Crippen molar-refractivity contribution in [2.75, 3.05) is 6.61 Å². The highest BCUT2D eigenvalue weighted by Crippen LogP contribution is 2.16. The average Bonchev–Trinajstić information content (AvgIpc) is 3.15. The zero-order chi connectivity index (χ0) is 16.1. The van der Waals surface area contributed by atoms with Crippen molar-refractivity contribution in [1.29, 1.82) is 0 Å². The van der Waals surface area contributed by atoms with Crippen LogP contribution in [0.15, 0.2) is 65.5 Å². The minimum absolute atomic E-state index is 0.170. The molecule has 23 heavy (non-hydrogen) atoms. The summed E-state index contributed by atoms with van der Waals surface area (Å²) in [6.07, 6.45) is 1.25. The Morgan fingerprint density at radius 3 is 2.48 bits per heavy atom. The van der Waals surface area contributed by atoms with Crippen LogP contribution < -0.4 is 5.32 Å². The summed E-state index contributed by atoms with van der Waals surface area (Å²) in [4.78, 5) is 16.3. The number of nitrogens with one attached hydrogen (secondary N) is 1. The molecule has 1 unspecified atom stereocenters. The average molecular weight is 309 g/mol. The fourth-order valence-electron chi connectivity index (χ4n) is 2.23. The molecular weight excluding hydrogens is 294 g/mol. The molecule has 0 aliphatic heterocycles. The normalized spacial score (nSPS) is 11.9. The van der Waals surface area contributed by atoms with Gasteiger partial charge in [-0.1, -0.05) is 47.6 Å². The van der Waals surface area contributed by atoms with Crippen molar-refractivity contribution in [2.24, 2.45) is 0 Å². The molecule has 1 amide bonds. The quantitative estimate of drug-likeness (QED) is 0.754. The highest BCUT2D eigenvalue weighted by atomic mass is 16.5. The minimum atomic E-state index is -0.444. The van der Waals surface area contributed by atoms with Gasteiger partial charge < -0.3 is 14.9 Å². The van der Waals surface area contributed by atoms with E-state index < -0.39 is 6.04 Å². The third-order valence-electron chi connectivity index (χ3n) is 3.46. The lowest BCUT2D eigenvalue weighted by Gasteiger charge is -2.16. The van der Waals surface area contributed by atoms with E-state index >= 15 is 0 Å². The molecule has 0 saturated heterocycles. The van der Waals surface area contributed by atoms with Crippen LogP contribution in [0.3, 0.4) is 0 Å². The van der Waals surface area contributed by atoms with Crippen LogP contribution in [-0.4, -0.2) is 27.8 Å². The van der Waals surface area contributed by atoms with Gasteiger partial charge in [0.05, 0.1) is 12.6 Å². The molecule has 1 atom stereocenters. The van der Waals surface area contributed by atoms with Gasteiger partial charge in [-0.05, 0) is 17.7 Å². The van der Waals surface area contributed by atoms with Gasteiger partial charge in [0, 0.05) is 11.1 Å². The van der Waals surface area contributed by atoms with Crippen LogP contribution in [0.25, 0.3) is 11.4 Å². The lowest BCUT2D eigenvalue weighted by molar-refractivity contribution is 0.0916. The third-order valence-corrected chi connectivity index (χ3v) is 3.46. The Morgan fingerprint density at radius 1 is 1.13 bits per heavy atom. The van der Waals surface area contributed by atoms with Gasteiger partial charge in [0.2, 0.25) is 12.2 Å². The first-order valence-corrected chi connectivity index (χ1v) is 7.11. The van der Waals surface area contributed by atoms with Crippen LogP contribution in [-0.2, 0) is 0 Å². The van der Waals surface area contributed by atoms with Crippen molar-refractivity contribution in [3.8, 4) is 11.4 Å². The topological polar surface area (TPSA) is 88.2 Å². The van der Waals surface area contributed by atoms with Gasteiger partial charge in [-0.2, -0.15) is 4.98 Å². The third kappa shape index (κ3) is 3.44. The largest absolute Gasteiger partial charge is 0.394 e. The van der Waals surface area contributed by atoms with E-state index in [4.69, 9.17) is 4.52 Å². The van der Waals surface area contributed by atoms with Gasteiger partial charge in [-0.15, -0.1) is 0 Å². The molecule has 0 fully saturated rings. The number of carbonyl (C=O) groups excluding carboxylic acids is 1. The highest BCUT2D eigenvalue weighted by molar-refractivity contribution is 5.94. The maximum absolute atomic E-state index is 12.3. The van der Waals surface area contributed by atoms with Gasteiger partial charge >= 0.3 is 0 Å². The molecule has 116 valence electrons. The SMILES string of the molecule is O=C(NC(CO)c1ccccc1)c1ccc(-c2ncon2)cc1. The number of hydrogen-bond acceptors (Lipinski definition) is 5. The van der Waals surface area contributed by atoms with Crippen molar-refractivity contribution in [2.45, 2.75) is 6.04 Å². The second-order valence-electron chi connectivity index (χ2n) is 4.95. The maximum atomic E-state index is 12.3. The smallest absolute Gasteiger partial charge is 0.251 e. The Labute approximate surface area is 132 Å². The zero-order valence-electron chi connectivity index (χ0n) is 12.2. The lowest BCUT2D eigenvalue weighted by Crippen LogP contribution is -2.30. The van der Waals surface area contributed by atoms with Crippen LogP contribution in [0, 0.1) is 0 Å². The Morgan fingerprint density at radius 2 is 1.87 bits per heavy atom. The predicted octanol–water partition coefficient (Wildman–Crippen LogP) is 2.20. The van der Waals surface area contributed by atoms with E-state index in [2.05, 4.69) is 15.5 Å². The maximum Gasteiger partial charge on any atom is 0.251 e. The van der Waals surface area contributed by atoms with Crippen molar-refractivity contribution >= 4 is 5.91 Å². The summed E-state index contributed by atoms with van der Waals surface area (Å²) in [5, 5.41) is 16.1. The Hall–Kier alpha value is -2.99. The van der Waals surface area contributed by atoms with Gasteiger partial charge in [-0.25, -0.2) is 0 Å². The number of nitrogens with zero attached hydrogens (tertiary/aromatic N) is 2. The van der Waals surface area contributed by atoms with Crippen molar-refractivity contribution in [3.05, 3.63) is 72.1 Å². The van der Waals surface area contributed by atoms with Crippen molar-refractivity contribution in [3.63, 3.8) is 0 Å². The fourth-order valence-corrected chi connectivity index (χ4v) is 2.23. The highest BCUT2D eigenvalue weighted by Gasteiger charge is 2.15. The molecule has 0 spiro atoms. The fraction of sp³-hybridized carbons (Fsp3) is 0.118. The van der Waals surface area contributed by atoms with E-state index in [1.165, 1.54) is 6.39 Å². The number of aliphatic hydroxyl groups is 1. The first-order chi connectivity index (χ1) is 11.3. The second-order valence-corrected chi connectivity index (χ2v) is 4.95. The van der Waals surface area contributed by atoms with Crippen LogP contribution in [0.2, 0.25) is 0 Å². The summed E-state index contributed by atoms with van der Waals surface area (Å²) in [5.74, 6) is 0.210. The lowest BCUT2D eigenvalue weighted by atomic mass is 10.1. The van der Waals surface area contributed by atoms with Gasteiger partial charge in [0.1, 0.15) is 0 Å². The Bertz CT molecular complexity index is 756. The molecule has 3 rings (SSSR count). The summed E-state index contributed by atoms with van der Waals surface area (Å²) < 4.78 is 4.69. The summed E-state index contributed by atoms with van der Waals surface area (Å²) in [7, 11) is 0. The molecule has 2 aromatic carbocycles. The van der Waals surface area contributed by atoms with Crippen LogP contribution >= 0.6 is 0 Å². The Balaban J connectivity index is 1.72. The number of benzene rings is 2. The first kappa shape index (κ1) is 14.9. The number of rotatable bonds is 5. The summed E-state index contributed by atoms with van der Waals surface area (Å²) >= 11 is 0. The molecule has 0 radical (unpaired) electrons. The van der Waals surface area contributed by atoms with Crippen LogP contribution in [0.5, 0.6) is 0 Å². The molecule has 2 N–H and O–H groups in total. The Kier molecular flexibility index (Phi) is 4.44. The molecule has 0 aliphatic carbocycles. The monoisotopic (exact) mass is 309 g/mol.